The van der Waals surface area contributed by atoms with E-state index in [1.54, 1.807) is 13.8 Å². The van der Waals surface area contributed by atoms with Gasteiger partial charge in [-0.05, 0) is 19.9 Å². The van der Waals surface area contributed by atoms with Gasteiger partial charge in [-0.15, -0.1) is 0 Å². The van der Waals surface area contributed by atoms with Crippen LogP contribution in [0.4, 0.5) is 0 Å². The van der Waals surface area contributed by atoms with E-state index in [2.05, 4.69) is 4.98 Å². The fraction of sp³-hybridized carbons (Fsp3) is 0.364. The predicted molar refractivity (Wildman–Crippen MR) is 56.0 cm³/mol. The van der Waals surface area contributed by atoms with Gasteiger partial charge in [0, 0.05) is 0 Å². The van der Waals surface area contributed by atoms with Gasteiger partial charge in [-0.3, -0.25) is 0 Å². The van der Waals surface area contributed by atoms with E-state index in [1.807, 2.05) is 12.1 Å². The fourth-order valence-electron chi connectivity index (χ4n) is 1.13. The lowest BCUT2D eigenvalue weighted by Crippen LogP contribution is -2.03. The normalized spacial score (nSPS) is 9.00. The molecule has 0 bridgehead atoms. The Morgan fingerprint density at radius 3 is 1.81 bits per heavy atom. The molecule has 0 aliphatic heterocycles. The Morgan fingerprint density at radius 2 is 1.50 bits per heavy atom. The van der Waals surface area contributed by atoms with Crippen LogP contribution in [0, 0.1) is 22.7 Å². The van der Waals surface area contributed by atoms with E-state index < -0.39 is 0 Å². The molecule has 1 heterocycles. The minimum atomic E-state index is 0.201. The van der Waals surface area contributed by atoms with Crippen LogP contribution in [-0.2, 0) is 0 Å². The van der Waals surface area contributed by atoms with Crippen molar-refractivity contribution in [2.75, 3.05) is 13.2 Å². The lowest BCUT2D eigenvalue weighted by Gasteiger charge is -2.08. The molecule has 0 N–H and O–H groups in total. The SMILES string of the molecule is CCOc1nc(OCC)c(C#N)cc1C#N. The molecule has 5 heteroatoms. The third-order valence-electron chi connectivity index (χ3n) is 1.76. The van der Waals surface area contributed by atoms with Gasteiger partial charge in [-0.1, -0.05) is 0 Å². The van der Waals surface area contributed by atoms with Crippen molar-refractivity contribution in [1.29, 1.82) is 10.5 Å². The molecule has 0 fully saturated rings. The molecule has 0 spiro atoms. The summed E-state index contributed by atoms with van der Waals surface area (Å²) in [6.07, 6.45) is 0. The molecule has 1 rings (SSSR count). The van der Waals surface area contributed by atoms with E-state index in [0.29, 0.717) is 13.2 Å². The summed E-state index contributed by atoms with van der Waals surface area (Å²) >= 11 is 0. The Hall–Kier alpha value is -2.27. The smallest absolute Gasteiger partial charge is 0.235 e. The van der Waals surface area contributed by atoms with Crippen molar-refractivity contribution in [3.63, 3.8) is 0 Å². The quantitative estimate of drug-likeness (QED) is 0.765. The topological polar surface area (TPSA) is 78.9 Å². The third kappa shape index (κ3) is 2.40. The van der Waals surface area contributed by atoms with Gasteiger partial charge in [0.2, 0.25) is 11.8 Å². The largest absolute Gasteiger partial charge is 0.477 e. The molecule has 0 aromatic carbocycles. The molecule has 0 unspecified atom stereocenters. The van der Waals surface area contributed by atoms with E-state index >= 15 is 0 Å². The van der Waals surface area contributed by atoms with Gasteiger partial charge >= 0.3 is 0 Å². The average Bonchev–Trinajstić information content (AvgIpc) is 2.30. The van der Waals surface area contributed by atoms with Crippen molar-refractivity contribution < 1.29 is 9.47 Å². The predicted octanol–water partition coefficient (Wildman–Crippen LogP) is 1.62. The first kappa shape index (κ1) is 11.8. The highest BCUT2D eigenvalue weighted by Crippen LogP contribution is 2.23. The Labute approximate surface area is 93.9 Å². The standard InChI is InChI=1S/C11H11N3O2/c1-3-15-10-8(6-12)5-9(7-13)11(14-10)16-4-2/h5H,3-4H2,1-2H3. The molecule has 5 nitrogen and oxygen atoms in total. The lowest BCUT2D eigenvalue weighted by atomic mass is 10.2. The zero-order valence-corrected chi connectivity index (χ0v) is 9.15. The average molecular weight is 217 g/mol. The van der Waals surface area contributed by atoms with Crippen molar-refractivity contribution in [1.82, 2.24) is 4.98 Å². The van der Waals surface area contributed by atoms with Crippen LogP contribution >= 0.6 is 0 Å². The minimum absolute atomic E-state index is 0.201. The van der Waals surface area contributed by atoms with E-state index in [-0.39, 0.29) is 22.9 Å². The molecule has 16 heavy (non-hydrogen) atoms. The van der Waals surface area contributed by atoms with Gasteiger partial charge in [0.1, 0.15) is 23.3 Å². The molecular formula is C11H11N3O2. The molecule has 0 atom stereocenters. The molecular weight excluding hydrogens is 206 g/mol. The summed E-state index contributed by atoms with van der Waals surface area (Å²) in [5.41, 5.74) is 0.476. The van der Waals surface area contributed by atoms with Crippen molar-refractivity contribution >= 4 is 0 Å². The van der Waals surface area contributed by atoms with Crippen LogP contribution in [0.25, 0.3) is 0 Å². The summed E-state index contributed by atoms with van der Waals surface area (Å²) in [6.45, 7) is 4.39. The van der Waals surface area contributed by atoms with Gasteiger partial charge < -0.3 is 9.47 Å². The summed E-state index contributed by atoms with van der Waals surface area (Å²) in [5.74, 6) is 0.403. The minimum Gasteiger partial charge on any atom is -0.477 e. The first-order chi connectivity index (χ1) is 7.76. The maximum atomic E-state index is 8.87. The number of aromatic nitrogens is 1. The highest BCUT2D eigenvalue weighted by atomic mass is 16.5. The van der Waals surface area contributed by atoms with E-state index in [4.69, 9.17) is 20.0 Å². The van der Waals surface area contributed by atoms with Crippen LogP contribution in [0.5, 0.6) is 11.8 Å². The zero-order valence-electron chi connectivity index (χ0n) is 9.15. The van der Waals surface area contributed by atoms with E-state index in [1.165, 1.54) is 6.07 Å². The van der Waals surface area contributed by atoms with Crippen LogP contribution in [0.1, 0.15) is 25.0 Å². The third-order valence-corrected chi connectivity index (χ3v) is 1.76. The van der Waals surface area contributed by atoms with Gasteiger partial charge in [-0.25, -0.2) is 0 Å². The summed E-state index contributed by atoms with van der Waals surface area (Å²) in [5, 5.41) is 17.7. The molecule has 1 aromatic heterocycles. The number of hydrogen-bond donors (Lipinski definition) is 0. The molecule has 0 radical (unpaired) electrons. The maximum absolute atomic E-state index is 8.87. The van der Waals surface area contributed by atoms with Crippen molar-refractivity contribution in [2.24, 2.45) is 0 Å². The second-order valence-electron chi connectivity index (χ2n) is 2.78. The van der Waals surface area contributed by atoms with Gasteiger partial charge in [0.05, 0.1) is 13.2 Å². The van der Waals surface area contributed by atoms with Crippen molar-refractivity contribution in [3.8, 4) is 23.9 Å². The Bertz CT molecular complexity index is 418. The molecule has 0 saturated carbocycles. The Kier molecular flexibility index (Phi) is 4.11. The van der Waals surface area contributed by atoms with Crippen molar-refractivity contribution in [2.45, 2.75) is 13.8 Å². The van der Waals surface area contributed by atoms with Crippen LogP contribution < -0.4 is 9.47 Å². The number of rotatable bonds is 4. The monoisotopic (exact) mass is 217 g/mol. The molecule has 0 aliphatic carbocycles. The highest BCUT2D eigenvalue weighted by Gasteiger charge is 2.13. The second-order valence-corrected chi connectivity index (χ2v) is 2.78. The van der Waals surface area contributed by atoms with Gasteiger partial charge in [0.25, 0.3) is 0 Å². The molecule has 0 amide bonds. The van der Waals surface area contributed by atoms with Crippen molar-refractivity contribution in [3.05, 3.63) is 17.2 Å². The number of ether oxygens (including phenoxy) is 2. The zero-order chi connectivity index (χ0) is 12.0. The van der Waals surface area contributed by atoms with Crippen LogP contribution in [0.15, 0.2) is 6.07 Å². The molecule has 1 aromatic rings. The van der Waals surface area contributed by atoms with E-state index in [0.717, 1.165) is 0 Å². The van der Waals surface area contributed by atoms with E-state index in [9.17, 15) is 0 Å². The Balaban J connectivity index is 3.25. The number of pyridine rings is 1. The second kappa shape index (κ2) is 5.57. The fourth-order valence-corrected chi connectivity index (χ4v) is 1.13. The maximum Gasteiger partial charge on any atom is 0.235 e. The number of hydrogen-bond acceptors (Lipinski definition) is 5. The summed E-state index contributed by atoms with van der Waals surface area (Å²) < 4.78 is 10.4. The first-order valence-corrected chi connectivity index (χ1v) is 4.87. The number of nitrogens with zero attached hydrogens (tertiary/aromatic N) is 3. The highest BCUT2D eigenvalue weighted by molar-refractivity contribution is 5.49. The van der Waals surface area contributed by atoms with Gasteiger partial charge in [-0.2, -0.15) is 15.5 Å². The molecule has 0 saturated heterocycles. The number of nitriles is 2. The first-order valence-electron chi connectivity index (χ1n) is 4.87. The lowest BCUT2D eigenvalue weighted by molar-refractivity contribution is 0.297. The summed E-state index contributed by atoms with van der Waals surface area (Å²) in [7, 11) is 0. The summed E-state index contributed by atoms with van der Waals surface area (Å²) in [6, 6.07) is 5.28. The van der Waals surface area contributed by atoms with Crippen LogP contribution in [-0.4, -0.2) is 18.2 Å². The Morgan fingerprint density at radius 1 is 1.06 bits per heavy atom. The summed E-state index contributed by atoms with van der Waals surface area (Å²) in [4.78, 5) is 4.00. The molecule has 82 valence electrons. The van der Waals surface area contributed by atoms with Crippen LogP contribution in [0.3, 0.4) is 0 Å². The van der Waals surface area contributed by atoms with Gasteiger partial charge in [0.15, 0.2) is 0 Å². The molecule has 0 aliphatic rings. The van der Waals surface area contributed by atoms with Crippen LogP contribution in [0.2, 0.25) is 0 Å².